The molecular formula is C16H17N. The van der Waals surface area contributed by atoms with Crippen molar-refractivity contribution in [2.45, 2.75) is 34.1 Å². The first-order chi connectivity index (χ1) is 8.09. The highest BCUT2D eigenvalue weighted by Crippen LogP contribution is 2.41. The van der Waals surface area contributed by atoms with E-state index in [1.807, 2.05) is 6.20 Å². The van der Waals surface area contributed by atoms with Crippen LogP contribution in [0.5, 0.6) is 0 Å². The molecule has 0 N–H and O–H groups in total. The summed E-state index contributed by atoms with van der Waals surface area (Å²) in [6.45, 7) is 8.78. The third kappa shape index (κ3) is 1.35. The van der Waals surface area contributed by atoms with E-state index >= 15 is 0 Å². The predicted molar refractivity (Wildman–Crippen MR) is 71.4 cm³/mol. The van der Waals surface area contributed by atoms with Gasteiger partial charge in [-0.2, -0.15) is 0 Å². The van der Waals surface area contributed by atoms with Crippen LogP contribution in [0.4, 0.5) is 0 Å². The third-order valence-electron chi connectivity index (χ3n) is 4.16. The highest BCUT2D eigenvalue weighted by Gasteiger charge is 2.23. The van der Waals surface area contributed by atoms with Crippen molar-refractivity contribution in [3.05, 3.63) is 51.8 Å². The minimum atomic E-state index is 1.07. The molecule has 1 aromatic carbocycles. The Kier molecular flexibility index (Phi) is 2.12. The number of pyridine rings is 1. The molecule has 1 aliphatic carbocycles. The third-order valence-corrected chi connectivity index (χ3v) is 4.16. The average Bonchev–Trinajstić information content (AvgIpc) is 2.66. The summed E-state index contributed by atoms with van der Waals surface area (Å²) in [7, 11) is 0. The Labute approximate surface area is 103 Å². The molecule has 17 heavy (non-hydrogen) atoms. The number of hydrogen-bond donors (Lipinski definition) is 0. The Bertz CT molecular complexity index is 624. The van der Waals surface area contributed by atoms with Gasteiger partial charge in [-0.3, -0.25) is 4.98 Å². The first-order valence-electron chi connectivity index (χ1n) is 6.14. The molecule has 0 radical (unpaired) electrons. The van der Waals surface area contributed by atoms with Crippen LogP contribution in [-0.2, 0) is 6.42 Å². The van der Waals surface area contributed by atoms with Crippen molar-refractivity contribution >= 4 is 0 Å². The molecule has 0 bridgehead atoms. The van der Waals surface area contributed by atoms with Gasteiger partial charge in [-0.1, -0.05) is 6.07 Å². The van der Waals surface area contributed by atoms with E-state index in [1.165, 1.54) is 38.9 Å². The van der Waals surface area contributed by atoms with E-state index in [0.717, 1.165) is 12.1 Å². The highest BCUT2D eigenvalue weighted by atomic mass is 14.7. The van der Waals surface area contributed by atoms with Gasteiger partial charge < -0.3 is 0 Å². The van der Waals surface area contributed by atoms with Crippen molar-refractivity contribution in [1.29, 1.82) is 0 Å². The quantitative estimate of drug-likeness (QED) is 0.563. The molecule has 1 heteroatoms. The first-order valence-corrected chi connectivity index (χ1v) is 6.14. The Morgan fingerprint density at radius 2 is 1.82 bits per heavy atom. The van der Waals surface area contributed by atoms with Crippen LogP contribution < -0.4 is 0 Å². The molecule has 0 fully saturated rings. The minimum absolute atomic E-state index is 1.07. The summed E-state index contributed by atoms with van der Waals surface area (Å²) in [5, 5.41) is 0. The van der Waals surface area contributed by atoms with Crippen LogP contribution in [0.15, 0.2) is 18.3 Å². The number of aromatic nitrogens is 1. The second-order valence-electron chi connectivity index (χ2n) is 5.08. The second-order valence-corrected chi connectivity index (χ2v) is 5.08. The number of aryl methyl sites for hydroxylation is 2. The van der Waals surface area contributed by atoms with E-state index in [-0.39, 0.29) is 0 Å². The lowest BCUT2D eigenvalue weighted by molar-refractivity contribution is 1.15. The van der Waals surface area contributed by atoms with Crippen molar-refractivity contribution in [3.8, 4) is 11.1 Å². The molecule has 1 aliphatic rings. The fraction of sp³-hybridized carbons (Fsp3) is 0.312. The van der Waals surface area contributed by atoms with E-state index in [0.29, 0.717) is 0 Å². The summed E-state index contributed by atoms with van der Waals surface area (Å²) in [5.41, 5.74) is 11.1. The Balaban J connectivity index is 2.37. The number of hydrogen-bond acceptors (Lipinski definition) is 1. The SMILES string of the molecule is Cc1cc2c(c(C)c1C)Cc1ccnc(C)c1-2. The largest absolute Gasteiger partial charge is 0.261 e. The summed E-state index contributed by atoms with van der Waals surface area (Å²) < 4.78 is 0. The molecule has 0 spiro atoms. The van der Waals surface area contributed by atoms with Crippen LogP contribution in [0, 0.1) is 27.7 Å². The lowest BCUT2D eigenvalue weighted by Gasteiger charge is -2.11. The molecule has 0 saturated heterocycles. The van der Waals surface area contributed by atoms with Crippen LogP contribution in [0.25, 0.3) is 11.1 Å². The molecule has 86 valence electrons. The van der Waals surface area contributed by atoms with Crippen LogP contribution in [0.3, 0.4) is 0 Å². The standard InChI is InChI=1S/C16H17N/c1-9-7-15-14(11(3)10(9)2)8-13-5-6-17-12(4)16(13)15/h5-7H,8H2,1-4H3. The Morgan fingerprint density at radius 1 is 1.06 bits per heavy atom. The van der Waals surface area contributed by atoms with Gasteiger partial charge in [0.05, 0.1) is 0 Å². The molecule has 2 aromatic rings. The molecule has 1 nitrogen and oxygen atoms in total. The van der Waals surface area contributed by atoms with Gasteiger partial charge in [-0.25, -0.2) is 0 Å². The fourth-order valence-corrected chi connectivity index (χ4v) is 2.91. The lowest BCUT2D eigenvalue weighted by atomic mass is 9.94. The maximum absolute atomic E-state index is 4.43. The molecule has 0 aliphatic heterocycles. The maximum atomic E-state index is 4.43. The molecule has 0 amide bonds. The van der Waals surface area contributed by atoms with Gasteiger partial charge in [0.15, 0.2) is 0 Å². The van der Waals surface area contributed by atoms with Crippen LogP contribution in [0.2, 0.25) is 0 Å². The number of nitrogens with zero attached hydrogens (tertiary/aromatic N) is 1. The summed E-state index contributed by atoms with van der Waals surface area (Å²) in [5.74, 6) is 0. The summed E-state index contributed by atoms with van der Waals surface area (Å²) in [6, 6.07) is 4.49. The zero-order chi connectivity index (χ0) is 12.2. The van der Waals surface area contributed by atoms with Crippen molar-refractivity contribution < 1.29 is 0 Å². The molecule has 0 unspecified atom stereocenters. The van der Waals surface area contributed by atoms with Gasteiger partial charge in [0.25, 0.3) is 0 Å². The lowest BCUT2D eigenvalue weighted by Crippen LogP contribution is -1.93. The average molecular weight is 223 g/mol. The maximum Gasteiger partial charge on any atom is 0.0453 e. The van der Waals surface area contributed by atoms with Crippen LogP contribution >= 0.6 is 0 Å². The van der Waals surface area contributed by atoms with E-state index in [9.17, 15) is 0 Å². The van der Waals surface area contributed by atoms with Gasteiger partial charge in [0.2, 0.25) is 0 Å². The monoisotopic (exact) mass is 223 g/mol. The van der Waals surface area contributed by atoms with E-state index in [1.54, 1.807) is 0 Å². The molecule has 1 aromatic heterocycles. The van der Waals surface area contributed by atoms with Gasteiger partial charge >= 0.3 is 0 Å². The van der Waals surface area contributed by atoms with Gasteiger partial charge in [0, 0.05) is 17.5 Å². The van der Waals surface area contributed by atoms with Crippen molar-refractivity contribution in [2.75, 3.05) is 0 Å². The van der Waals surface area contributed by atoms with Gasteiger partial charge in [0.1, 0.15) is 0 Å². The summed E-state index contributed by atoms with van der Waals surface area (Å²) >= 11 is 0. The minimum Gasteiger partial charge on any atom is -0.261 e. The van der Waals surface area contributed by atoms with Crippen LogP contribution in [-0.4, -0.2) is 4.98 Å². The molecular weight excluding hydrogens is 206 g/mol. The molecule has 3 rings (SSSR count). The van der Waals surface area contributed by atoms with E-state index in [4.69, 9.17) is 0 Å². The normalized spacial score (nSPS) is 12.5. The molecule has 0 saturated carbocycles. The number of rotatable bonds is 0. The molecule has 1 heterocycles. The first kappa shape index (κ1) is 10.5. The van der Waals surface area contributed by atoms with Crippen LogP contribution in [0.1, 0.15) is 33.5 Å². The highest BCUT2D eigenvalue weighted by molar-refractivity contribution is 5.80. The van der Waals surface area contributed by atoms with E-state index in [2.05, 4.69) is 44.8 Å². The van der Waals surface area contributed by atoms with Crippen molar-refractivity contribution in [3.63, 3.8) is 0 Å². The van der Waals surface area contributed by atoms with Crippen molar-refractivity contribution in [2.24, 2.45) is 0 Å². The number of benzene rings is 1. The molecule has 0 atom stereocenters. The van der Waals surface area contributed by atoms with Gasteiger partial charge in [-0.05, 0) is 73.6 Å². The number of fused-ring (bicyclic) bond motifs is 3. The van der Waals surface area contributed by atoms with E-state index < -0.39 is 0 Å². The zero-order valence-electron chi connectivity index (χ0n) is 10.9. The Hall–Kier alpha value is -1.63. The Morgan fingerprint density at radius 3 is 2.59 bits per heavy atom. The van der Waals surface area contributed by atoms with Crippen molar-refractivity contribution in [1.82, 2.24) is 4.98 Å². The van der Waals surface area contributed by atoms with Gasteiger partial charge in [-0.15, -0.1) is 0 Å². The second kappa shape index (κ2) is 3.43. The summed E-state index contributed by atoms with van der Waals surface area (Å²) in [4.78, 5) is 4.43. The zero-order valence-corrected chi connectivity index (χ0v) is 10.9. The fourth-order valence-electron chi connectivity index (χ4n) is 2.91. The topological polar surface area (TPSA) is 12.9 Å². The predicted octanol–water partition coefficient (Wildman–Crippen LogP) is 3.89. The summed E-state index contributed by atoms with van der Waals surface area (Å²) in [6.07, 6.45) is 3.00. The smallest absolute Gasteiger partial charge is 0.0453 e.